The Morgan fingerprint density at radius 2 is 2.05 bits per heavy atom. The maximum Gasteiger partial charge on any atom is 0.267 e. The van der Waals surface area contributed by atoms with Gasteiger partial charge in [-0.2, -0.15) is 5.06 Å². The Balaban J connectivity index is 2.68. The zero-order valence-corrected chi connectivity index (χ0v) is 11.4. The van der Waals surface area contributed by atoms with Crippen LogP contribution in [0.3, 0.4) is 0 Å². The topological polar surface area (TPSA) is 87.1 Å². The van der Waals surface area contributed by atoms with Gasteiger partial charge in [-0.1, -0.05) is 25.7 Å². The largest absolute Gasteiger partial charge is 0.385 e. The second kappa shape index (κ2) is 4.97. The molecule has 2 N–H and O–H groups in total. The number of carbonyl (C=O) groups is 2. The van der Waals surface area contributed by atoms with E-state index in [1.165, 1.54) is 19.3 Å². The van der Waals surface area contributed by atoms with E-state index in [9.17, 15) is 19.8 Å². The number of ketones is 1. The van der Waals surface area contributed by atoms with Crippen molar-refractivity contribution in [2.75, 3.05) is 7.11 Å². The molecule has 1 aliphatic heterocycles. The molecule has 0 aromatic rings. The van der Waals surface area contributed by atoms with Crippen LogP contribution in [0.4, 0.5) is 0 Å². The van der Waals surface area contributed by atoms with Crippen LogP contribution in [0.25, 0.3) is 0 Å². The normalized spacial score (nSPS) is 35.7. The summed E-state index contributed by atoms with van der Waals surface area (Å²) in [5.74, 6) is -1.32. The summed E-state index contributed by atoms with van der Waals surface area (Å²) in [4.78, 5) is 29.2. The zero-order chi connectivity index (χ0) is 15.1. The van der Waals surface area contributed by atoms with Crippen LogP contribution in [0.2, 0.25) is 0 Å². The molecule has 20 heavy (non-hydrogen) atoms. The van der Waals surface area contributed by atoms with Crippen LogP contribution in [0, 0.1) is 5.41 Å². The van der Waals surface area contributed by atoms with E-state index in [0.717, 1.165) is 5.06 Å². The van der Waals surface area contributed by atoms with Gasteiger partial charge in [0.15, 0.2) is 5.78 Å². The first kappa shape index (κ1) is 14.6. The molecular weight excluding hydrogens is 262 g/mol. The minimum atomic E-state index is -1.77. The number of aliphatic hydroxyl groups is 2. The zero-order valence-electron chi connectivity index (χ0n) is 11.4. The number of aliphatic hydroxyl groups excluding tert-OH is 2. The van der Waals surface area contributed by atoms with Crippen molar-refractivity contribution in [1.82, 2.24) is 5.06 Å². The monoisotopic (exact) mass is 279 g/mol. The highest BCUT2D eigenvalue weighted by molar-refractivity contribution is 6.05. The third-order valence-corrected chi connectivity index (χ3v) is 3.76. The maximum atomic E-state index is 12.6. The van der Waals surface area contributed by atoms with E-state index in [2.05, 4.69) is 6.58 Å². The molecule has 0 bridgehead atoms. The van der Waals surface area contributed by atoms with E-state index in [-0.39, 0.29) is 5.70 Å². The Bertz CT molecular complexity index is 536. The Labute approximate surface area is 116 Å². The van der Waals surface area contributed by atoms with Crippen molar-refractivity contribution < 1.29 is 24.6 Å². The van der Waals surface area contributed by atoms with E-state index in [0.29, 0.717) is 12.0 Å². The molecule has 6 nitrogen and oxygen atoms in total. The van der Waals surface area contributed by atoms with Crippen molar-refractivity contribution >= 4 is 11.7 Å². The molecule has 1 heterocycles. The highest BCUT2D eigenvalue weighted by Gasteiger charge is 2.64. The number of carbonyl (C=O) groups excluding carboxylic acids is 2. The Morgan fingerprint density at radius 3 is 2.55 bits per heavy atom. The minimum absolute atomic E-state index is 0.00153. The number of hydrogen-bond donors (Lipinski definition) is 2. The van der Waals surface area contributed by atoms with Crippen molar-refractivity contribution in [3.8, 4) is 0 Å². The second-order valence-electron chi connectivity index (χ2n) is 4.75. The van der Waals surface area contributed by atoms with Crippen LogP contribution in [-0.4, -0.2) is 46.3 Å². The van der Waals surface area contributed by atoms with Crippen LogP contribution < -0.4 is 0 Å². The van der Waals surface area contributed by atoms with Crippen molar-refractivity contribution in [3.05, 3.63) is 36.1 Å². The number of hydrogen-bond acceptors (Lipinski definition) is 5. The summed E-state index contributed by atoms with van der Waals surface area (Å²) in [6.45, 7) is 5.45. The molecule has 0 saturated carbocycles. The standard InChI is InChI=1S/C14H17NO5/c1-4-5-9-6-7-10(16)12(18)14(9)11(17)8(2)15(20-3)13(14)19/h5-7,11-12,17-18H,2,4H2,1,3H3/b9-5-. The summed E-state index contributed by atoms with van der Waals surface area (Å²) in [6.07, 6.45) is 1.85. The lowest BCUT2D eigenvalue weighted by Gasteiger charge is -2.36. The van der Waals surface area contributed by atoms with Gasteiger partial charge in [-0.15, -0.1) is 0 Å². The van der Waals surface area contributed by atoms with Crippen LogP contribution in [0.15, 0.2) is 36.1 Å². The van der Waals surface area contributed by atoms with Gasteiger partial charge in [0.05, 0.1) is 12.8 Å². The van der Waals surface area contributed by atoms with E-state index in [1.54, 1.807) is 6.08 Å². The first-order valence-corrected chi connectivity index (χ1v) is 6.29. The summed E-state index contributed by atoms with van der Waals surface area (Å²) < 4.78 is 0. The van der Waals surface area contributed by atoms with Crippen molar-refractivity contribution in [2.24, 2.45) is 5.41 Å². The average molecular weight is 279 g/mol. The molecule has 6 heteroatoms. The molecular formula is C14H17NO5. The minimum Gasteiger partial charge on any atom is -0.385 e. The Hall–Kier alpha value is -1.76. The van der Waals surface area contributed by atoms with E-state index in [4.69, 9.17) is 4.84 Å². The molecule has 2 rings (SSSR count). The van der Waals surface area contributed by atoms with Crippen LogP contribution in [0.5, 0.6) is 0 Å². The Kier molecular flexibility index (Phi) is 3.64. The predicted molar refractivity (Wildman–Crippen MR) is 70.0 cm³/mol. The molecule has 0 radical (unpaired) electrons. The molecule has 3 atom stereocenters. The van der Waals surface area contributed by atoms with Gasteiger partial charge >= 0.3 is 0 Å². The molecule has 2 aliphatic rings. The quantitative estimate of drug-likeness (QED) is 0.748. The summed E-state index contributed by atoms with van der Waals surface area (Å²) in [7, 11) is 1.25. The smallest absolute Gasteiger partial charge is 0.267 e. The van der Waals surface area contributed by atoms with Gasteiger partial charge in [-0.25, -0.2) is 0 Å². The van der Waals surface area contributed by atoms with Crippen LogP contribution in [-0.2, 0) is 14.4 Å². The van der Waals surface area contributed by atoms with Gasteiger partial charge in [0.2, 0.25) is 0 Å². The number of amides is 1. The molecule has 0 aromatic carbocycles. The number of rotatable bonds is 2. The molecule has 108 valence electrons. The molecule has 3 unspecified atom stereocenters. The maximum absolute atomic E-state index is 12.6. The molecule has 0 aromatic heterocycles. The molecule has 1 spiro atoms. The molecule has 1 saturated heterocycles. The third kappa shape index (κ3) is 1.62. The summed E-state index contributed by atoms with van der Waals surface area (Å²) in [5, 5.41) is 21.5. The summed E-state index contributed by atoms with van der Waals surface area (Å²) in [6, 6.07) is 0. The number of hydroxylamine groups is 2. The van der Waals surface area contributed by atoms with Crippen LogP contribution in [0.1, 0.15) is 13.3 Å². The summed E-state index contributed by atoms with van der Waals surface area (Å²) in [5.41, 5.74) is -1.37. The average Bonchev–Trinajstić information content (AvgIpc) is 2.61. The first-order chi connectivity index (χ1) is 9.42. The first-order valence-electron chi connectivity index (χ1n) is 6.29. The van der Waals surface area contributed by atoms with Gasteiger partial charge in [0.25, 0.3) is 5.91 Å². The SMILES string of the molecule is C=C1C(O)C2(C(=O)N1OC)/C(=C\CC)C=CC(=O)C2O. The molecule has 1 amide bonds. The van der Waals surface area contributed by atoms with Gasteiger partial charge < -0.3 is 10.2 Å². The van der Waals surface area contributed by atoms with E-state index >= 15 is 0 Å². The number of allylic oxidation sites excluding steroid dienone is 2. The lowest BCUT2D eigenvalue weighted by molar-refractivity contribution is -0.171. The molecule has 1 fully saturated rings. The van der Waals surface area contributed by atoms with E-state index < -0.39 is 29.3 Å². The fourth-order valence-corrected chi connectivity index (χ4v) is 2.78. The fraction of sp³-hybridized carbons (Fsp3) is 0.429. The lowest BCUT2D eigenvalue weighted by atomic mass is 9.67. The summed E-state index contributed by atoms with van der Waals surface area (Å²) >= 11 is 0. The number of nitrogens with zero attached hydrogens (tertiary/aromatic N) is 1. The fourth-order valence-electron chi connectivity index (χ4n) is 2.78. The highest BCUT2D eigenvalue weighted by atomic mass is 16.7. The van der Waals surface area contributed by atoms with E-state index in [1.807, 2.05) is 6.92 Å². The van der Waals surface area contributed by atoms with Gasteiger partial charge in [0, 0.05) is 0 Å². The Morgan fingerprint density at radius 1 is 1.40 bits per heavy atom. The van der Waals surface area contributed by atoms with Gasteiger partial charge in [-0.3, -0.25) is 14.4 Å². The highest BCUT2D eigenvalue weighted by Crippen LogP contribution is 2.49. The van der Waals surface area contributed by atoms with Crippen molar-refractivity contribution in [3.63, 3.8) is 0 Å². The lowest BCUT2D eigenvalue weighted by Crippen LogP contribution is -2.54. The van der Waals surface area contributed by atoms with Crippen molar-refractivity contribution in [2.45, 2.75) is 25.6 Å². The molecule has 1 aliphatic carbocycles. The van der Waals surface area contributed by atoms with Gasteiger partial charge in [-0.05, 0) is 18.1 Å². The second-order valence-corrected chi connectivity index (χ2v) is 4.75. The third-order valence-electron chi connectivity index (χ3n) is 3.76. The van der Waals surface area contributed by atoms with Gasteiger partial charge in [0.1, 0.15) is 17.6 Å². The van der Waals surface area contributed by atoms with Crippen LogP contribution >= 0.6 is 0 Å². The predicted octanol–water partition coefficient (Wildman–Crippen LogP) is 0.0872. The van der Waals surface area contributed by atoms with Crippen molar-refractivity contribution in [1.29, 1.82) is 0 Å².